The van der Waals surface area contributed by atoms with E-state index in [1.807, 2.05) is 32.9 Å². The summed E-state index contributed by atoms with van der Waals surface area (Å²) in [5, 5.41) is 16.9. The second-order valence-electron chi connectivity index (χ2n) is 6.32. The second-order valence-corrected chi connectivity index (χ2v) is 9.40. The number of anilines is 2. The van der Waals surface area contributed by atoms with Crippen molar-refractivity contribution < 1.29 is 0 Å². The first-order valence-corrected chi connectivity index (χ1v) is 9.95. The van der Waals surface area contributed by atoms with Crippen LogP contribution < -0.4 is 10.9 Å². The van der Waals surface area contributed by atoms with E-state index in [0.29, 0.717) is 19.4 Å². The van der Waals surface area contributed by atoms with Gasteiger partial charge in [-0.2, -0.15) is 5.10 Å². The van der Waals surface area contributed by atoms with Gasteiger partial charge in [0.25, 0.3) is 5.56 Å². The summed E-state index contributed by atoms with van der Waals surface area (Å²) in [5.74, 6) is 0. The largest absolute Gasteiger partial charge is 0.330 e. The molecule has 0 saturated carbocycles. The first kappa shape index (κ1) is 19.2. The van der Waals surface area contributed by atoms with Gasteiger partial charge in [-0.15, -0.1) is 10.2 Å². The first-order chi connectivity index (χ1) is 12.2. The summed E-state index contributed by atoms with van der Waals surface area (Å²) in [4.78, 5) is 12.9. The van der Waals surface area contributed by atoms with Crippen molar-refractivity contribution in [3.8, 4) is 0 Å². The molecule has 10 heteroatoms. The molecule has 0 aliphatic heterocycles. The fourth-order valence-corrected chi connectivity index (χ4v) is 4.20. The molecule has 3 rings (SSSR count). The predicted octanol–water partition coefficient (Wildman–Crippen LogP) is 5.05. The van der Waals surface area contributed by atoms with Gasteiger partial charge in [0.1, 0.15) is 5.02 Å². The Morgan fingerprint density at radius 2 is 2.00 bits per heavy atom. The van der Waals surface area contributed by atoms with Crippen molar-refractivity contribution in [2.24, 2.45) is 0 Å². The molecule has 0 amide bonds. The van der Waals surface area contributed by atoms with Gasteiger partial charge < -0.3 is 5.32 Å². The van der Waals surface area contributed by atoms with Gasteiger partial charge in [-0.25, -0.2) is 4.68 Å². The summed E-state index contributed by atoms with van der Waals surface area (Å²) >= 11 is 14.8. The maximum Gasteiger partial charge on any atom is 0.287 e. The molecule has 0 aliphatic rings. The number of hydrogen-bond acceptors (Lipinski definition) is 7. The van der Waals surface area contributed by atoms with E-state index >= 15 is 0 Å². The molecule has 0 fully saturated rings. The standard InChI is InChI=1S/C16H15Cl2N5OS2/c1-16(2,3)23-13(24)12(18)11(8-19-23)25-15-22-21-14(26-15)20-10-6-4-5-9(17)7-10/h4-8H,1-3H3,(H,20,21). The van der Waals surface area contributed by atoms with Crippen LogP contribution in [-0.2, 0) is 5.54 Å². The predicted molar refractivity (Wildman–Crippen MR) is 107 cm³/mol. The maximum absolute atomic E-state index is 12.4. The van der Waals surface area contributed by atoms with Crippen molar-refractivity contribution in [2.75, 3.05) is 5.32 Å². The molecule has 0 saturated heterocycles. The van der Waals surface area contributed by atoms with Crippen LogP contribution in [0.5, 0.6) is 0 Å². The van der Waals surface area contributed by atoms with Crippen LogP contribution in [0.2, 0.25) is 10.0 Å². The number of rotatable bonds is 4. The number of hydrogen-bond donors (Lipinski definition) is 1. The molecule has 0 atom stereocenters. The number of halogens is 2. The van der Waals surface area contributed by atoms with Gasteiger partial charge >= 0.3 is 0 Å². The highest BCUT2D eigenvalue weighted by Gasteiger charge is 2.20. The summed E-state index contributed by atoms with van der Waals surface area (Å²) < 4.78 is 2.01. The third-order valence-corrected chi connectivity index (χ3v) is 5.83. The summed E-state index contributed by atoms with van der Waals surface area (Å²) in [6.07, 6.45) is 1.57. The van der Waals surface area contributed by atoms with E-state index in [9.17, 15) is 4.79 Å². The zero-order valence-corrected chi connectivity index (χ0v) is 17.3. The highest BCUT2D eigenvalue weighted by atomic mass is 35.5. The van der Waals surface area contributed by atoms with Gasteiger partial charge in [0.05, 0.1) is 16.6 Å². The van der Waals surface area contributed by atoms with Crippen molar-refractivity contribution in [1.29, 1.82) is 0 Å². The molecule has 0 aliphatic carbocycles. The highest BCUT2D eigenvalue weighted by molar-refractivity contribution is 8.01. The van der Waals surface area contributed by atoms with Crippen LogP contribution in [0.1, 0.15) is 20.8 Å². The summed E-state index contributed by atoms with van der Waals surface area (Å²) in [5.41, 5.74) is 0.0457. The van der Waals surface area contributed by atoms with Crippen LogP contribution in [0.4, 0.5) is 10.8 Å². The molecule has 0 unspecified atom stereocenters. The average molecular weight is 428 g/mol. The van der Waals surface area contributed by atoms with E-state index < -0.39 is 5.54 Å². The van der Waals surface area contributed by atoms with Gasteiger partial charge in [-0.05, 0) is 39.0 Å². The van der Waals surface area contributed by atoms with Crippen molar-refractivity contribution in [2.45, 2.75) is 35.5 Å². The normalized spacial score (nSPS) is 11.6. The van der Waals surface area contributed by atoms with E-state index in [0.717, 1.165) is 5.69 Å². The monoisotopic (exact) mass is 427 g/mol. The lowest BCUT2D eigenvalue weighted by molar-refractivity contribution is 0.336. The molecule has 2 heterocycles. The summed E-state index contributed by atoms with van der Waals surface area (Å²) in [6, 6.07) is 7.32. The SMILES string of the molecule is CC(C)(C)n1ncc(Sc2nnc(Nc3cccc(Cl)c3)s2)c(Cl)c1=O. The smallest absolute Gasteiger partial charge is 0.287 e. The van der Waals surface area contributed by atoms with Crippen molar-refractivity contribution in [3.05, 3.63) is 50.9 Å². The Balaban J connectivity index is 1.79. The quantitative estimate of drug-likeness (QED) is 0.627. The molecule has 6 nitrogen and oxygen atoms in total. The van der Waals surface area contributed by atoms with E-state index in [2.05, 4.69) is 20.6 Å². The number of nitrogens with one attached hydrogen (secondary N) is 1. The Labute approximate surface area is 168 Å². The van der Waals surface area contributed by atoms with E-state index in [-0.39, 0.29) is 10.6 Å². The molecule has 1 aromatic carbocycles. The Morgan fingerprint density at radius 3 is 2.69 bits per heavy atom. The molecule has 2 aromatic heterocycles. The Bertz CT molecular complexity index is 997. The van der Waals surface area contributed by atoms with Crippen molar-refractivity contribution in [1.82, 2.24) is 20.0 Å². The van der Waals surface area contributed by atoms with Gasteiger partial charge in [-0.1, -0.05) is 52.4 Å². The van der Waals surface area contributed by atoms with Gasteiger partial charge in [-0.3, -0.25) is 4.79 Å². The molecule has 0 radical (unpaired) electrons. The van der Waals surface area contributed by atoms with Crippen LogP contribution >= 0.6 is 46.3 Å². The van der Waals surface area contributed by atoms with Crippen molar-refractivity contribution >= 4 is 57.1 Å². The minimum Gasteiger partial charge on any atom is -0.330 e. The summed E-state index contributed by atoms with van der Waals surface area (Å²) in [6.45, 7) is 5.68. The fourth-order valence-electron chi connectivity index (χ4n) is 2.05. The highest BCUT2D eigenvalue weighted by Crippen LogP contribution is 2.35. The lowest BCUT2D eigenvalue weighted by Gasteiger charge is -2.20. The zero-order valence-electron chi connectivity index (χ0n) is 14.2. The minimum absolute atomic E-state index is 0.125. The molecule has 3 aromatic rings. The Hall–Kier alpha value is -1.61. The average Bonchev–Trinajstić information content (AvgIpc) is 2.98. The molecular weight excluding hydrogens is 413 g/mol. The topological polar surface area (TPSA) is 72.7 Å². The molecule has 0 bridgehead atoms. The fraction of sp³-hybridized carbons (Fsp3) is 0.250. The number of aromatic nitrogens is 4. The van der Waals surface area contributed by atoms with Gasteiger partial charge in [0.15, 0.2) is 4.34 Å². The summed E-state index contributed by atoms with van der Waals surface area (Å²) in [7, 11) is 0. The van der Waals surface area contributed by atoms with E-state index in [1.54, 1.807) is 18.3 Å². The lowest BCUT2D eigenvalue weighted by Crippen LogP contribution is -2.36. The van der Waals surface area contributed by atoms with E-state index in [4.69, 9.17) is 23.2 Å². The van der Waals surface area contributed by atoms with Gasteiger partial charge in [0.2, 0.25) is 5.13 Å². The first-order valence-electron chi connectivity index (χ1n) is 7.56. The maximum atomic E-state index is 12.4. The minimum atomic E-state index is -0.444. The van der Waals surface area contributed by atoms with Crippen LogP contribution in [0.25, 0.3) is 0 Å². The van der Waals surface area contributed by atoms with Crippen LogP contribution in [-0.4, -0.2) is 20.0 Å². The third kappa shape index (κ3) is 4.37. The molecule has 1 N–H and O–H groups in total. The van der Waals surface area contributed by atoms with Crippen LogP contribution in [0.3, 0.4) is 0 Å². The van der Waals surface area contributed by atoms with Gasteiger partial charge in [0, 0.05) is 10.7 Å². The second kappa shape index (κ2) is 7.56. The van der Waals surface area contributed by atoms with Crippen LogP contribution in [0, 0.1) is 0 Å². The molecular formula is C16H15Cl2N5OS2. The third-order valence-electron chi connectivity index (χ3n) is 3.20. The molecule has 26 heavy (non-hydrogen) atoms. The Kier molecular flexibility index (Phi) is 5.57. The molecule has 136 valence electrons. The molecule has 0 spiro atoms. The van der Waals surface area contributed by atoms with Crippen LogP contribution in [0.15, 0.2) is 44.5 Å². The number of benzene rings is 1. The van der Waals surface area contributed by atoms with E-state index in [1.165, 1.54) is 27.8 Å². The Morgan fingerprint density at radius 1 is 1.23 bits per heavy atom. The lowest BCUT2D eigenvalue weighted by atomic mass is 10.1. The number of nitrogens with zero attached hydrogens (tertiary/aromatic N) is 4. The van der Waals surface area contributed by atoms with Crippen molar-refractivity contribution in [3.63, 3.8) is 0 Å². The zero-order chi connectivity index (χ0) is 18.9.